The third-order valence-corrected chi connectivity index (χ3v) is 17.2. The molecule has 73 heavy (non-hydrogen) atoms. The smallest absolute Gasteiger partial charge is 0.0713 e. The number of benzene rings is 11. The summed E-state index contributed by atoms with van der Waals surface area (Å²) >= 11 is 0. The summed E-state index contributed by atoms with van der Waals surface area (Å²) < 4.78 is 2.46. The van der Waals surface area contributed by atoms with Crippen molar-refractivity contribution in [3.05, 3.63) is 287 Å². The normalized spacial score (nSPS) is 14.9. The summed E-state index contributed by atoms with van der Waals surface area (Å²) in [6.45, 7) is 9.55. The Morgan fingerprint density at radius 2 is 0.836 bits per heavy atom. The molecule has 2 nitrogen and oxygen atoms in total. The van der Waals surface area contributed by atoms with Gasteiger partial charge in [0.05, 0.1) is 16.4 Å². The third kappa shape index (κ3) is 5.69. The van der Waals surface area contributed by atoms with E-state index in [2.05, 4.69) is 280 Å². The van der Waals surface area contributed by atoms with Crippen molar-refractivity contribution in [1.29, 1.82) is 0 Å². The molecule has 0 bridgehead atoms. The summed E-state index contributed by atoms with van der Waals surface area (Å²) in [5.74, 6) is 0. The Morgan fingerprint density at radius 3 is 1.58 bits per heavy atom. The van der Waals surface area contributed by atoms with Crippen LogP contribution in [-0.2, 0) is 16.2 Å². The summed E-state index contributed by atoms with van der Waals surface area (Å²) in [6, 6.07) is 91.6. The number of para-hydroxylation sites is 1. The standard InChI is InChI=1S/C71H52N2/c1-69(2)60-28-16-13-27-55(60)57-42-49(34-38-61(57)69)72(51-33-36-56-65(44-51)70(3,4)64-37-31-45-19-11-12-24-52(45)68(56)64)50-35-40-67-59(43-50)58-41-47(32-39-66(58)73(67)48-22-9-6-10-23-48)71(46-20-7-5-8-21-46)62-29-17-14-25-53(62)54-26-15-18-30-63(54)71/h5-44H,1-4H3. The van der Waals surface area contributed by atoms with E-state index in [1.807, 2.05) is 0 Å². The van der Waals surface area contributed by atoms with Gasteiger partial charge < -0.3 is 9.47 Å². The van der Waals surface area contributed by atoms with Crippen molar-refractivity contribution in [3.63, 3.8) is 0 Å². The SMILES string of the molecule is CC1(C)c2ccccc2-c2cc(N(c3ccc4c(c3)C(C)(C)c3ccc5ccccc5c3-4)c3ccc4c(c3)c3cc(C5(c6ccccc6)c6ccccc6-c6ccccc65)ccc3n4-c3ccccc3)ccc21. The van der Waals surface area contributed by atoms with Crippen molar-refractivity contribution in [2.75, 3.05) is 4.90 Å². The van der Waals surface area contributed by atoms with Gasteiger partial charge in [-0.05, 0) is 155 Å². The molecule has 15 rings (SSSR count). The maximum atomic E-state index is 2.52. The zero-order chi connectivity index (χ0) is 48.8. The molecule has 0 saturated carbocycles. The summed E-state index contributed by atoms with van der Waals surface area (Å²) in [5.41, 5.74) is 24.6. The van der Waals surface area contributed by atoms with Crippen LogP contribution in [0.5, 0.6) is 0 Å². The van der Waals surface area contributed by atoms with Crippen LogP contribution in [0.25, 0.3) is 71.6 Å². The summed E-state index contributed by atoms with van der Waals surface area (Å²) in [5, 5.41) is 5.02. The Bertz CT molecular complexity index is 4220. The van der Waals surface area contributed by atoms with Gasteiger partial charge in [0.25, 0.3) is 0 Å². The molecule has 0 unspecified atom stereocenters. The van der Waals surface area contributed by atoms with Gasteiger partial charge in [-0.25, -0.2) is 0 Å². The fraction of sp³-hybridized carbons (Fsp3) is 0.0986. The molecule has 0 radical (unpaired) electrons. The first-order valence-corrected chi connectivity index (χ1v) is 25.8. The van der Waals surface area contributed by atoms with E-state index in [4.69, 9.17) is 0 Å². The van der Waals surface area contributed by atoms with Gasteiger partial charge in [-0.2, -0.15) is 0 Å². The molecule has 346 valence electrons. The molecule has 11 aromatic carbocycles. The second-order valence-electron chi connectivity index (χ2n) is 21.6. The quantitative estimate of drug-likeness (QED) is 0.161. The van der Waals surface area contributed by atoms with Crippen molar-refractivity contribution >= 4 is 49.6 Å². The summed E-state index contributed by atoms with van der Waals surface area (Å²) in [7, 11) is 0. The van der Waals surface area contributed by atoms with Crippen LogP contribution in [0.15, 0.2) is 243 Å². The van der Waals surface area contributed by atoms with Gasteiger partial charge in [-0.3, -0.25) is 0 Å². The third-order valence-electron chi connectivity index (χ3n) is 17.2. The Morgan fingerprint density at radius 1 is 0.315 bits per heavy atom. The fourth-order valence-electron chi connectivity index (χ4n) is 13.9. The van der Waals surface area contributed by atoms with E-state index in [0.717, 1.165) is 22.7 Å². The molecule has 2 heteroatoms. The Kier molecular flexibility index (Phi) is 8.72. The average Bonchev–Trinajstić information content (AvgIpc) is 4.08. The van der Waals surface area contributed by atoms with Crippen molar-refractivity contribution in [1.82, 2.24) is 4.57 Å². The first-order chi connectivity index (χ1) is 35.7. The van der Waals surface area contributed by atoms with E-state index in [-0.39, 0.29) is 10.8 Å². The molecule has 3 aliphatic rings. The highest BCUT2D eigenvalue weighted by Crippen LogP contribution is 2.58. The molecule has 0 saturated heterocycles. The number of rotatable bonds is 6. The number of fused-ring (bicyclic) bond motifs is 14. The molecule has 0 N–H and O–H groups in total. The van der Waals surface area contributed by atoms with E-state index in [1.165, 1.54) is 110 Å². The Balaban J connectivity index is 0.999. The van der Waals surface area contributed by atoms with Crippen LogP contribution in [0.2, 0.25) is 0 Å². The van der Waals surface area contributed by atoms with E-state index in [1.54, 1.807) is 0 Å². The van der Waals surface area contributed by atoms with Crippen molar-refractivity contribution in [2.45, 2.75) is 43.9 Å². The molecule has 1 heterocycles. The van der Waals surface area contributed by atoms with Crippen LogP contribution in [0.3, 0.4) is 0 Å². The second-order valence-corrected chi connectivity index (χ2v) is 21.6. The van der Waals surface area contributed by atoms with Crippen LogP contribution in [-0.4, -0.2) is 4.57 Å². The number of aromatic nitrogens is 1. The van der Waals surface area contributed by atoms with Crippen molar-refractivity contribution in [2.24, 2.45) is 0 Å². The van der Waals surface area contributed by atoms with Gasteiger partial charge in [0.1, 0.15) is 0 Å². The maximum Gasteiger partial charge on any atom is 0.0713 e. The van der Waals surface area contributed by atoms with E-state index >= 15 is 0 Å². The largest absolute Gasteiger partial charge is 0.310 e. The molecule has 0 amide bonds. The first kappa shape index (κ1) is 42.0. The average molecular weight is 933 g/mol. The monoisotopic (exact) mass is 932 g/mol. The van der Waals surface area contributed by atoms with Crippen LogP contribution in [0.1, 0.15) is 72.2 Å². The van der Waals surface area contributed by atoms with Crippen molar-refractivity contribution < 1.29 is 0 Å². The molecular weight excluding hydrogens is 881 g/mol. The van der Waals surface area contributed by atoms with Crippen LogP contribution >= 0.6 is 0 Å². The topological polar surface area (TPSA) is 8.17 Å². The lowest BCUT2D eigenvalue weighted by atomic mass is 9.67. The van der Waals surface area contributed by atoms with E-state index in [0.29, 0.717) is 0 Å². The molecule has 12 aromatic rings. The minimum Gasteiger partial charge on any atom is -0.310 e. The lowest BCUT2D eigenvalue weighted by Gasteiger charge is -2.34. The Hall–Kier alpha value is -8.72. The van der Waals surface area contributed by atoms with Gasteiger partial charge in [0.2, 0.25) is 0 Å². The minimum atomic E-state index is -0.526. The predicted octanol–water partition coefficient (Wildman–Crippen LogP) is 18.4. The zero-order valence-corrected chi connectivity index (χ0v) is 41.5. The molecule has 0 fully saturated rings. The first-order valence-electron chi connectivity index (χ1n) is 25.8. The number of anilines is 3. The molecule has 1 aromatic heterocycles. The van der Waals surface area contributed by atoms with E-state index in [9.17, 15) is 0 Å². The fourth-order valence-corrected chi connectivity index (χ4v) is 13.9. The van der Waals surface area contributed by atoms with Gasteiger partial charge in [0.15, 0.2) is 0 Å². The van der Waals surface area contributed by atoms with Gasteiger partial charge in [-0.1, -0.05) is 204 Å². The highest BCUT2D eigenvalue weighted by molar-refractivity contribution is 6.12. The molecule has 0 atom stereocenters. The van der Waals surface area contributed by atoms with Crippen LogP contribution in [0, 0.1) is 0 Å². The van der Waals surface area contributed by atoms with Gasteiger partial charge in [-0.15, -0.1) is 0 Å². The minimum absolute atomic E-state index is 0.102. The molecule has 3 aliphatic carbocycles. The molecule has 0 aliphatic heterocycles. The number of nitrogens with zero attached hydrogens (tertiary/aromatic N) is 2. The highest BCUT2D eigenvalue weighted by atomic mass is 15.1. The highest BCUT2D eigenvalue weighted by Gasteiger charge is 2.46. The lowest BCUT2D eigenvalue weighted by Crippen LogP contribution is -2.28. The summed E-state index contributed by atoms with van der Waals surface area (Å²) in [4.78, 5) is 2.52. The number of hydrogen-bond acceptors (Lipinski definition) is 1. The van der Waals surface area contributed by atoms with Crippen LogP contribution < -0.4 is 4.90 Å². The Labute approximate surface area is 427 Å². The second kappa shape index (κ2) is 15.2. The zero-order valence-electron chi connectivity index (χ0n) is 41.5. The van der Waals surface area contributed by atoms with Crippen LogP contribution in [0.4, 0.5) is 17.1 Å². The molecular formula is C71H52N2. The van der Waals surface area contributed by atoms with Gasteiger partial charge in [0, 0.05) is 44.4 Å². The maximum absolute atomic E-state index is 2.52. The van der Waals surface area contributed by atoms with Crippen molar-refractivity contribution in [3.8, 4) is 39.1 Å². The van der Waals surface area contributed by atoms with Gasteiger partial charge >= 0.3 is 0 Å². The predicted molar refractivity (Wildman–Crippen MR) is 305 cm³/mol. The summed E-state index contributed by atoms with van der Waals surface area (Å²) in [6.07, 6.45) is 0. The lowest BCUT2D eigenvalue weighted by molar-refractivity contribution is 0.660. The molecule has 0 spiro atoms. The number of hydrogen-bond donors (Lipinski definition) is 0. The van der Waals surface area contributed by atoms with E-state index < -0.39 is 5.41 Å².